The number of amides is 2. The van der Waals surface area contributed by atoms with Crippen LogP contribution in [0.4, 0.5) is 15.8 Å². The van der Waals surface area contributed by atoms with Gasteiger partial charge in [-0.25, -0.2) is 9.18 Å². The number of fused-ring (bicyclic) bond motifs is 1. The van der Waals surface area contributed by atoms with Crippen LogP contribution in [0.2, 0.25) is 0 Å². The van der Waals surface area contributed by atoms with Crippen LogP contribution in [-0.4, -0.2) is 24.6 Å². The maximum Gasteiger partial charge on any atom is 0.338 e. The molecular formula is C20H19FN2O6. The van der Waals surface area contributed by atoms with Gasteiger partial charge in [-0.2, -0.15) is 0 Å². The Hall–Kier alpha value is -3.46. The summed E-state index contributed by atoms with van der Waals surface area (Å²) in [7, 11) is 0. The van der Waals surface area contributed by atoms with Crippen LogP contribution in [0.5, 0.6) is 5.75 Å². The molecule has 2 N–H and O–H groups in total. The molecule has 0 radical (unpaired) electrons. The standard InChI is InChI=1S/C20H19FN2O6/c1-11(24)22-17-5-13(6-18(7-17)23-12(2)25)20(26)28-9-15-4-16(21)3-14-8-27-10-29-19(14)15/h3-7H,8-10H2,1-2H3,(H,22,24)(H,23,25). The maximum absolute atomic E-state index is 13.8. The van der Waals surface area contributed by atoms with Crippen molar-refractivity contribution < 1.29 is 33.0 Å². The number of rotatable bonds is 5. The molecule has 8 nitrogen and oxygen atoms in total. The lowest BCUT2D eigenvalue weighted by Crippen LogP contribution is -2.15. The molecule has 0 saturated heterocycles. The second kappa shape index (κ2) is 8.70. The highest BCUT2D eigenvalue weighted by Crippen LogP contribution is 2.30. The summed E-state index contributed by atoms with van der Waals surface area (Å²) >= 11 is 0. The summed E-state index contributed by atoms with van der Waals surface area (Å²) in [4.78, 5) is 35.2. The largest absolute Gasteiger partial charge is 0.467 e. The number of ether oxygens (including phenoxy) is 3. The molecule has 0 atom stereocenters. The zero-order chi connectivity index (χ0) is 21.0. The number of hydrogen-bond acceptors (Lipinski definition) is 6. The fourth-order valence-electron chi connectivity index (χ4n) is 2.89. The van der Waals surface area contributed by atoms with Crippen LogP contribution in [0, 0.1) is 5.82 Å². The minimum Gasteiger partial charge on any atom is -0.467 e. The Bertz CT molecular complexity index is 941. The number of esters is 1. The SMILES string of the molecule is CC(=O)Nc1cc(NC(C)=O)cc(C(=O)OCc2cc(F)cc3c2OCOC3)c1. The van der Waals surface area contributed by atoms with Gasteiger partial charge in [-0.05, 0) is 30.3 Å². The average Bonchev–Trinajstić information content (AvgIpc) is 2.64. The first-order chi connectivity index (χ1) is 13.8. The van der Waals surface area contributed by atoms with Gasteiger partial charge < -0.3 is 24.8 Å². The third-order valence-electron chi connectivity index (χ3n) is 3.92. The van der Waals surface area contributed by atoms with Gasteiger partial charge in [0.25, 0.3) is 0 Å². The number of nitrogens with one attached hydrogen (secondary N) is 2. The molecule has 152 valence electrons. The fourth-order valence-corrected chi connectivity index (χ4v) is 2.89. The number of carbonyl (C=O) groups excluding carboxylic acids is 3. The van der Waals surface area contributed by atoms with Crippen molar-refractivity contribution in [3.63, 3.8) is 0 Å². The maximum atomic E-state index is 13.8. The fraction of sp³-hybridized carbons (Fsp3) is 0.250. The zero-order valence-electron chi connectivity index (χ0n) is 15.8. The molecule has 1 aliphatic rings. The number of benzene rings is 2. The second-order valence-electron chi connectivity index (χ2n) is 6.40. The molecule has 9 heteroatoms. The predicted octanol–water partition coefficient (Wildman–Crippen LogP) is 2.97. The van der Waals surface area contributed by atoms with E-state index in [-0.39, 0.29) is 37.4 Å². The van der Waals surface area contributed by atoms with Crippen molar-refractivity contribution in [3.8, 4) is 5.75 Å². The Morgan fingerprint density at radius 2 is 1.69 bits per heavy atom. The smallest absolute Gasteiger partial charge is 0.338 e. The summed E-state index contributed by atoms with van der Waals surface area (Å²) in [6.45, 7) is 2.64. The van der Waals surface area contributed by atoms with E-state index in [9.17, 15) is 18.8 Å². The number of anilines is 2. The first-order valence-electron chi connectivity index (χ1n) is 8.71. The third kappa shape index (κ3) is 5.29. The molecule has 3 rings (SSSR count). The monoisotopic (exact) mass is 402 g/mol. The highest BCUT2D eigenvalue weighted by Gasteiger charge is 2.19. The van der Waals surface area contributed by atoms with Gasteiger partial charge in [-0.3, -0.25) is 9.59 Å². The molecular weight excluding hydrogens is 383 g/mol. The number of hydrogen-bond donors (Lipinski definition) is 2. The molecule has 0 unspecified atom stereocenters. The van der Waals surface area contributed by atoms with Crippen LogP contribution in [0.1, 0.15) is 35.3 Å². The number of carbonyl (C=O) groups is 3. The first-order valence-corrected chi connectivity index (χ1v) is 8.71. The Morgan fingerprint density at radius 3 is 2.31 bits per heavy atom. The van der Waals surface area contributed by atoms with E-state index in [4.69, 9.17) is 14.2 Å². The summed E-state index contributed by atoms with van der Waals surface area (Å²) in [5, 5.41) is 5.11. The highest BCUT2D eigenvalue weighted by atomic mass is 19.1. The zero-order valence-corrected chi connectivity index (χ0v) is 15.8. The molecule has 0 aromatic heterocycles. The predicted molar refractivity (Wildman–Crippen MR) is 101 cm³/mol. The van der Waals surface area contributed by atoms with E-state index in [2.05, 4.69) is 10.6 Å². The normalized spacial score (nSPS) is 12.4. The van der Waals surface area contributed by atoms with Gasteiger partial charge in [-0.15, -0.1) is 0 Å². The van der Waals surface area contributed by atoms with Crippen molar-refractivity contribution in [1.82, 2.24) is 0 Å². The van der Waals surface area contributed by atoms with Crippen LogP contribution >= 0.6 is 0 Å². The molecule has 1 heterocycles. The molecule has 0 fully saturated rings. The number of halogens is 1. The molecule has 0 bridgehead atoms. The van der Waals surface area contributed by atoms with Gasteiger partial charge in [0.15, 0.2) is 6.79 Å². The Kier molecular flexibility index (Phi) is 6.08. The van der Waals surface area contributed by atoms with Crippen LogP contribution in [0.15, 0.2) is 30.3 Å². The molecule has 0 aliphatic carbocycles. The summed E-state index contributed by atoms with van der Waals surface area (Å²) in [6.07, 6.45) is 0. The summed E-state index contributed by atoms with van der Waals surface area (Å²) < 4.78 is 29.6. The lowest BCUT2D eigenvalue weighted by atomic mass is 10.1. The van der Waals surface area contributed by atoms with E-state index in [1.165, 1.54) is 44.2 Å². The molecule has 0 saturated carbocycles. The van der Waals surface area contributed by atoms with Crippen LogP contribution in [0.3, 0.4) is 0 Å². The minimum atomic E-state index is -0.714. The Labute approximate surface area is 165 Å². The third-order valence-corrected chi connectivity index (χ3v) is 3.92. The summed E-state index contributed by atoms with van der Waals surface area (Å²) in [5.41, 5.74) is 1.65. The molecule has 29 heavy (non-hydrogen) atoms. The van der Waals surface area contributed by atoms with Gasteiger partial charge in [0.1, 0.15) is 18.2 Å². The van der Waals surface area contributed by atoms with Gasteiger partial charge in [0.2, 0.25) is 11.8 Å². The van der Waals surface area contributed by atoms with Crippen LogP contribution in [-0.2, 0) is 32.3 Å². The van der Waals surface area contributed by atoms with Crippen LogP contribution in [0.25, 0.3) is 0 Å². The molecule has 0 spiro atoms. The van der Waals surface area contributed by atoms with Gasteiger partial charge in [0, 0.05) is 36.3 Å². The Morgan fingerprint density at radius 1 is 1.03 bits per heavy atom. The van der Waals surface area contributed by atoms with Crippen molar-refractivity contribution in [2.45, 2.75) is 27.1 Å². The van der Waals surface area contributed by atoms with Crippen molar-refractivity contribution in [3.05, 3.63) is 52.8 Å². The van der Waals surface area contributed by atoms with Crippen molar-refractivity contribution >= 4 is 29.2 Å². The molecule has 1 aliphatic heterocycles. The highest BCUT2D eigenvalue weighted by molar-refractivity contribution is 5.97. The molecule has 2 aromatic rings. The van der Waals surface area contributed by atoms with Crippen molar-refractivity contribution in [2.24, 2.45) is 0 Å². The van der Waals surface area contributed by atoms with Crippen molar-refractivity contribution in [1.29, 1.82) is 0 Å². The van der Waals surface area contributed by atoms with E-state index in [0.29, 0.717) is 28.3 Å². The second-order valence-corrected chi connectivity index (χ2v) is 6.40. The van der Waals surface area contributed by atoms with E-state index >= 15 is 0 Å². The average molecular weight is 402 g/mol. The molecule has 2 aromatic carbocycles. The lowest BCUT2D eigenvalue weighted by molar-refractivity contribution is -0.115. The van der Waals surface area contributed by atoms with E-state index in [0.717, 1.165) is 0 Å². The summed E-state index contributed by atoms with van der Waals surface area (Å²) in [5.74, 6) is -1.46. The van der Waals surface area contributed by atoms with Gasteiger partial charge in [0.05, 0.1) is 12.2 Å². The van der Waals surface area contributed by atoms with E-state index in [1.807, 2.05) is 0 Å². The molecule has 2 amide bonds. The Balaban J connectivity index is 1.81. The van der Waals surface area contributed by atoms with E-state index in [1.54, 1.807) is 0 Å². The first kappa shape index (κ1) is 20.3. The summed E-state index contributed by atoms with van der Waals surface area (Å²) in [6, 6.07) is 6.88. The topological polar surface area (TPSA) is 103 Å². The van der Waals surface area contributed by atoms with Crippen LogP contribution < -0.4 is 15.4 Å². The van der Waals surface area contributed by atoms with Gasteiger partial charge in [-0.1, -0.05) is 0 Å². The van der Waals surface area contributed by atoms with Gasteiger partial charge >= 0.3 is 5.97 Å². The van der Waals surface area contributed by atoms with Crippen molar-refractivity contribution in [2.75, 3.05) is 17.4 Å². The minimum absolute atomic E-state index is 0.0262. The quantitative estimate of drug-likeness (QED) is 0.746. The lowest BCUT2D eigenvalue weighted by Gasteiger charge is -2.20. The van der Waals surface area contributed by atoms with E-state index < -0.39 is 11.8 Å².